The highest BCUT2D eigenvalue weighted by Crippen LogP contribution is 2.18. The number of guanidine groups is 1. The summed E-state index contributed by atoms with van der Waals surface area (Å²) in [5.41, 5.74) is 3.48. The van der Waals surface area contributed by atoms with Crippen LogP contribution in [0.4, 0.5) is 0 Å². The average molecular weight is 341 g/mol. The molecule has 0 saturated carbocycles. The van der Waals surface area contributed by atoms with Gasteiger partial charge in [0, 0.05) is 39.9 Å². The minimum Gasteiger partial charge on any atom is -0.496 e. The molecule has 0 aliphatic heterocycles. The quantitative estimate of drug-likeness (QED) is 0.621. The molecule has 0 radical (unpaired) electrons. The van der Waals surface area contributed by atoms with Crippen molar-refractivity contribution in [3.63, 3.8) is 0 Å². The van der Waals surface area contributed by atoms with Crippen LogP contribution >= 0.6 is 0 Å². The molecule has 0 aliphatic rings. The standard InChI is InChI=1S/C20H27N3O2/c1-21-20(22-13-16-8-7-9-17(12-16)15-24-3)23(2)14-18-10-5-6-11-19(18)25-4/h5-12H,13-15H2,1-4H3,(H,21,22). The zero-order valence-electron chi connectivity index (χ0n) is 15.5. The van der Waals surface area contributed by atoms with E-state index in [-0.39, 0.29) is 0 Å². The molecule has 0 amide bonds. The first-order valence-electron chi connectivity index (χ1n) is 8.28. The zero-order chi connectivity index (χ0) is 18.1. The van der Waals surface area contributed by atoms with Crippen molar-refractivity contribution in [2.75, 3.05) is 28.3 Å². The molecule has 0 atom stereocenters. The molecule has 2 rings (SSSR count). The predicted octanol–water partition coefficient (Wildman–Crippen LogP) is 3.05. The van der Waals surface area contributed by atoms with Gasteiger partial charge in [0.05, 0.1) is 13.7 Å². The maximum atomic E-state index is 5.43. The molecular weight excluding hydrogens is 314 g/mol. The largest absolute Gasteiger partial charge is 0.496 e. The van der Waals surface area contributed by atoms with Gasteiger partial charge in [-0.05, 0) is 17.2 Å². The van der Waals surface area contributed by atoms with Gasteiger partial charge >= 0.3 is 0 Å². The van der Waals surface area contributed by atoms with Crippen molar-refractivity contribution in [2.24, 2.45) is 4.99 Å². The smallest absolute Gasteiger partial charge is 0.193 e. The third kappa shape index (κ3) is 5.50. The Labute approximate surface area is 150 Å². The van der Waals surface area contributed by atoms with Crippen molar-refractivity contribution in [1.29, 1.82) is 0 Å². The topological polar surface area (TPSA) is 46.1 Å². The molecule has 2 aromatic carbocycles. The number of hydrogen-bond donors (Lipinski definition) is 1. The Morgan fingerprint density at radius 1 is 1.08 bits per heavy atom. The Morgan fingerprint density at radius 3 is 2.56 bits per heavy atom. The highest BCUT2D eigenvalue weighted by molar-refractivity contribution is 5.79. The summed E-state index contributed by atoms with van der Waals surface area (Å²) in [5.74, 6) is 1.72. The van der Waals surface area contributed by atoms with Gasteiger partial charge < -0.3 is 19.7 Å². The zero-order valence-corrected chi connectivity index (χ0v) is 15.5. The number of para-hydroxylation sites is 1. The Kier molecular flexibility index (Phi) is 7.29. The van der Waals surface area contributed by atoms with Gasteiger partial charge in [0.1, 0.15) is 5.75 Å². The molecule has 25 heavy (non-hydrogen) atoms. The number of aliphatic imine (C=N–C) groups is 1. The lowest BCUT2D eigenvalue weighted by Gasteiger charge is -2.23. The summed E-state index contributed by atoms with van der Waals surface area (Å²) in [7, 11) is 7.21. The second-order valence-corrected chi connectivity index (χ2v) is 5.82. The van der Waals surface area contributed by atoms with E-state index in [9.17, 15) is 0 Å². The lowest BCUT2D eigenvalue weighted by Crippen LogP contribution is -2.38. The van der Waals surface area contributed by atoms with Gasteiger partial charge in [-0.15, -0.1) is 0 Å². The molecule has 0 aromatic heterocycles. The van der Waals surface area contributed by atoms with E-state index in [1.807, 2.05) is 31.3 Å². The van der Waals surface area contributed by atoms with Crippen LogP contribution in [0.3, 0.4) is 0 Å². The monoisotopic (exact) mass is 341 g/mol. The van der Waals surface area contributed by atoms with Crippen LogP contribution in [-0.4, -0.2) is 39.2 Å². The Balaban J connectivity index is 1.98. The van der Waals surface area contributed by atoms with E-state index in [1.54, 1.807) is 21.3 Å². The summed E-state index contributed by atoms with van der Waals surface area (Å²) >= 11 is 0. The van der Waals surface area contributed by atoms with Crippen LogP contribution in [-0.2, 0) is 24.4 Å². The Morgan fingerprint density at radius 2 is 1.84 bits per heavy atom. The summed E-state index contributed by atoms with van der Waals surface area (Å²) in [5, 5.41) is 3.41. The fourth-order valence-corrected chi connectivity index (χ4v) is 2.73. The molecule has 0 saturated heterocycles. The molecule has 0 bridgehead atoms. The molecular formula is C20H27N3O2. The molecule has 0 unspecified atom stereocenters. The SMILES string of the molecule is CN=C(NCc1cccc(COC)c1)N(C)Cc1ccccc1OC. The van der Waals surface area contributed by atoms with Gasteiger partial charge in [0.15, 0.2) is 5.96 Å². The van der Waals surface area contributed by atoms with Gasteiger partial charge in [0.25, 0.3) is 0 Å². The number of methoxy groups -OCH3 is 2. The third-order valence-electron chi connectivity index (χ3n) is 3.93. The second kappa shape index (κ2) is 9.69. The molecule has 0 heterocycles. The Hall–Kier alpha value is -2.53. The van der Waals surface area contributed by atoms with E-state index >= 15 is 0 Å². The van der Waals surface area contributed by atoms with Crippen molar-refractivity contribution in [3.05, 3.63) is 65.2 Å². The van der Waals surface area contributed by atoms with Gasteiger partial charge in [0.2, 0.25) is 0 Å². The summed E-state index contributed by atoms with van der Waals surface area (Å²) in [6.45, 7) is 2.05. The number of nitrogens with zero attached hydrogens (tertiary/aromatic N) is 2. The normalized spacial score (nSPS) is 11.3. The molecule has 5 heteroatoms. The van der Waals surface area contributed by atoms with Crippen molar-refractivity contribution < 1.29 is 9.47 Å². The van der Waals surface area contributed by atoms with E-state index in [4.69, 9.17) is 9.47 Å². The van der Waals surface area contributed by atoms with Crippen LogP contribution in [0.5, 0.6) is 5.75 Å². The second-order valence-electron chi connectivity index (χ2n) is 5.82. The summed E-state index contributed by atoms with van der Waals surface area (Å²) in [6.07, 6.45) is 0. The van der Waals surface area contributed by atoms with Crippen molar-refractivity contribution >= 4 is 5.96 Å². The van der Waals surface area contributed by atoms with Gasteiger partial charge in [-0.1, -0.05) is 42.5 Å². The van der Waals surface area contributed by atoms with Crippen molar-refractivity contribution in [2.45, 2.75) is 19.7 Å². The minimum atomic E-state index is 0.621. The van der Waals surface area contributed by atoms with Gasteiger partial charge in [-0.3, -0.25) is 4.99 Å². The van der Waals surface area contributed by atoms with E-state index < -0.39 is 0 Å². The molecule has 0 aliphatic carbocycles. The van der Waals surface area contributed by atoms with E-state index in [1.165, 1.54) is 11.1 Å². The molecule has 134 valence electrons. The molecule has 2 aromatic rings. The number of rotatable bonds is 7. The predicted molar refractivity (Wildman–Crippen MR) is 102 cm³/mol. The Bertz CT molecular complexity index is 701. The maximum absolute atomic E-state index is 5.43. The van der Waals surface area contributed by atoms with E-state index in [2.05, 4.69) is 39.5 Å². The fraction of sp³-hybridized carbons (Fsp3) is 0.350. The molecule has 0 fully saturated rings. The lowest BCUT2D eigenvalue weighted by atomic mass is 10.1. The minimum absolute atomic E-state index is 0.621. The first-order valence-corrected chi connectivity index (χ1v) is 8.28. The fourth-order valence-electron chi connectivity index (χ4n) is 2.73. The highest BCUT2D eigenvalue weighted by Gasteiger charge is 2.09. The number of ether oxygens (including phenoxy) is 2. The molecule has 5 nitrogen and oxygen atoms in total. The first-order chi connectivity index (χ1) is 12.2. The molecule has 1 N–H and O–H groups in total. The average Bonchev–Trinajstić information content (AvgIpc) is 2.63. The summed E-state index contributed by atoms with van der Waals surface area (Å²) in [4.78, 5) is 6.46. The first kappa shape index (κ1) is 18.8. The summed E-state index contributed by atoms with van der Waals surface area (Å²) in [6, 6.07) is 16.4. The molecule has 0 spiro atoms. The van der Waals surface area contributed by atoms with Crippen LogP contribution in [0, 0.1) is 0 Å². The van der Waals surface area contributed by atoms with Crippen LogP contribution in [0.25, 0.3) is 0 Å². The van der Waals surface area contributed by atoms with Crippen LogP contribution in [0.2, 0.25) is 0 Å². The number of benzene rings is 2. The van der Waals surface area contributed by atoms with Crippen molar-refractivity contribution in [1.82, 2.24) is 10.2 Å². The van der Waals surface area contributed by atoms with Gasteiger partial charge in [-0.25, -0.2) is 0 Å². The van der Waals surface area contributed by atoms with E-state index in [0.717, 1.165) is 17.3 Å². The maximum Gasteiger partial charge on any atom is 0.193 e. The summed E-state index contributed by atoms with van der Waals surface area (Å²) < 4.78 is 10.6. The van der Waals surface area contributed by atoms with Crippen LogP contribution in [0.15, 0.2) is 53.5 Å². The number of nitrogens with one attached hydrogen (secondary N) is 1. The van der Waals surface area contributed by atoms with E-state index in [0.29, 0.717) is 19.7 Å². The third-order valence-corrected chi connectivity index (χ3v) is 3.93. The van der Waals surface area contributed by atoms with Crippen molar-refractivity contribution in [3.8, 4) is 5.75 Å². The van der Waals surface area contributed by atoms with Crippen LogP contribution < -0.4 is 10.1 Å². The number of hydrogen-bond acceptors (Lipinski definition) is 3. The lowest BCUT2D eigenvalue weighted by molar-refractivity contribution is 0.185. The van der Waals surface area contributed by atoms with Gasteiger partial charge in [-0.2, -0.15) is 0 Å². The van der Waals surface area contributed by atoms with Crippen LogP contribution in [0.1, 0.15) is 16.7 Å². The highest BCUT2D eigenvalue weighted by atomic mass is 16.5.